The van der Waals surface area contributed by atoms with Gasteiger partial charge in [-0.3, -0.25) is 0 Å². The zero-order valence-electron chi connectivity index (χ0n) is 8.72. The molecule has 1 aromatic carbocycles. The molecule has 0 aromatic heterocycles. The topological polar surface area (TPSA) is 17.1 Å². The molecule has 15 heavy (non-hydrogen) atoms. The molecule has 0 radical (unpaired) electrons. The number of aryl methyl sites for hydroxylation is 1. The van der Waals surface area contributed by atoms with Gasteiger partial charge in [-0.25, -0.2) is 4.39 Å². The van der Waals surface area contributed by atoms with Crippen LogP contribution in [0.15, 0.2) is 18.2 Å². The van der Waals surface area contributed by atoms with Crippen LogP contribution in [0.1, 0.15) is 31.7 Å². The highest BCUT2D eigenvalue weighted by molar-refractivity contribution is 6.30. The standard InChI is InChI=1S/C12H14ClFO/c1-9(15)4-2-3-5-10-8-11(13)6-7-12(10)14/h6-8H,2-5H2,1H3. The maximum absolute atomic E-state index is 13.2. The van der Waals surface area contributed by atoms with Crippen LogP contribution in [0, 0.1) is 5.82 Å². The van der Waals surface area contributed by atoms with Crippen LogP contribution in [0.4, 0.5) is 4.39 Å². The molecule has 0 atom stereocenters. The summed E-state index contributed by atoms with van der Waals surface area (Å²) in [5.74, 6) is -0.0382. The summed E-state index contributed by atoms with van der Waals surface area (Å²) in [6.07, 6.45) is 2.83. The fourth-order valence-corrected chi connectivity index (χ4v) is 1.62. The van der Waals surface area contributed by atoms with Crippen LogP contribution >= 0.6 is 11.6 Å². The van der Waals surface area contributed by atoms with Gasteiger partial charge in [-0.05, 0) is 49.9 Å². The Bertz CT molecular complexity index is 349. The minimum absolute atomic E-state index is 0.182. The maximum atomic E-state index is 13.2. The van der Waals surface area contributed by atoms with Crippen LogP contribution in [0.3, 0.4) is 0 Å². The Morgan fingerprint density at radius 3 is 2.80 bits per heavy atom. The summed E-state index contributed by atoms with van der Waals surface area (Å²) in [4.78, 5) is 10.7. The SMILES string of the molecule is CC(=O)CCCCc1cc(Cl)ccc1F. The number of hydrogen-bond acceptors (Lipinski definition) is 1. The van der Waals surface area contributed by atoms with Gasteiger partial charge >= 0.3 is 0 Å². The number of rotatable bonds is 5. The van der Waals surface area contributed by atoms with Crippen LogP contribution in [-0.2, 0) is 11.2 Å². The van der Waals surface area contributed by atoms with Crippen LogP contribution in [0.2, 0.25) is 5.02 Å². The van der Waals surface area contributed by atoms with Crippen LogP contribution < -0.4 is 0 Å². The van der Waals surface area contributed by atoms with Crippen LogP contribution in [0.5, 0.6) is 0 Å². The van der Waals surface area contributed by atoms with E-state index in [4.69, 9.17) is 11.6 Å². The molecule has 0 aliphatic heterocycles. The Labute approximate surface area is 94.3 Å². The molecule has 0 aliphatic carbocycles. The molecule has 0 fully saturated rings. The van der Waals surface area contributed by atoms with E-state index in [0.717, 1.165) is 12.8 Å². The third kappa shape index (κ3) is 4.43. The first kappa shape index (κ1) is 12.2. The van der Waals surface area contributed by atoms with E-state index >= 15 is 0 Å². The Morgan fingerprint density at radius 2 is 2.13 bits per heavy atom. The lowest BCUT2D eigenvalue weighted by molar-refractivity contribution is -0.117. The number of ketones is 1. The summed E-state index contributed by atoms with van der Waals surface area (Å²) >= 11 is 5.76. The van der Waals surface area contributed by atoms with Crippen molar-refractivity contribution in [3.8, 4) is 0 Å². The minimum Gasteiger partial charge on any atom is -0.300 e. The molecule has 1 rings (SSSR count). The molecular weight excluding hydrogens is 215 g/mol. The molecule has 0 saturated heterocycles. The molecule has 82 valence electrons. The lowest BCUT2D eigenvalue weighted by Crippen LogP contribution is -1.94. The van der Waals surface area contributed by atoms with Gasteiger partial charge in [-0.1, -0.05) is 11.6 Å². The third-order valence-electron chi connectivity index (χ3n) is 2.23. The number of halogens is 2. The van der Waals surface area contributed by atoms with Gasteiger partial charge in [0.15, 0.2) is 0 Å². The second kappa shape index (κ2) is 5.86. The van der Waals surface area contributed by atoms with E-state index in [0.29, 0.717) is 23.4 Å². The average Bonchev–Trinajstić information content (AvgIpc) is 2.17. The van der Waals surface area contributed by atoms with E-state index in [1.54, 1.807) is 13.0 Å². The first-order valence-corrected chi connectivity index (χ1v) is 5.41. The Kier molecular flexibility index (Phi) is 4.76. The normalized spacial score (nSPS) is 10.3. The molecule has 0 heterocycles. The van der Waals surface area contributed by atoms with Crippen LogP contribution in [0.25, 0.3) is 0 Å². The Balaban J connectivity index is 2.43. The summed E-state index contributed by atoms with van der Waals surface area (Å²) in [6.45, 7) is 1.57. The number of hydrogen-bond donors (Lipinski definition) is 0. The number of Topliss-reactive ketones (excluding diaryl/α,β-unsaturated/α-hetero) is 1. The number of carbonyl (C=O) groups excluding carboxylic acids is 1. The second-order valence-electron chi connectivity index (χ2n) is 3.64. The van der Waals surface area contributed by atoms with Gasteiger partial charge in [-0.15, -0.1) is 0 Å². The van der Waals surface area contributed by atoms with Crippen LogP contribution in [-0.4, -0.2) is 5.78 Å². The minimum atomic E-state index is -0.220. The van der Waals surface area contributed by atoms with Crippen molar-refractivity contribution in [1.29, 1.82) is 0 Å². The highest BCUT2D eigenvalue weighted by Crippen LogP contribution is 2.17. The molecular formula is C12H14ClFO. The molecule has 0 aliphatic rings. The van der Waals surface area contributed by atoms with Crippen molar-refractivity contribution in [3.05, 3.63) is 34.6 Å². The quantitative estimate of drug-likeness (QED) is 0.701. The zero-order valence-corrected chi connectivity index (χ0v) is 9.48. The molecule has 0 bridgehead atoms. The summed E-state index contributed by atoms with van der Waals surface area (Å²) < 4.78 is 13.2. The predicted molar refractivity (Wildman–Crippen MR) is 59.6 cm³/mol. The van der Waals surface area contributed by atoms with Crippen molar-refractivity contribution in [1.82, 2.24) is 0 Å². The van der Waals surface area contributed by atoms with Gasteiger partial charge in [-0.2, -0.15) is 0 Å². The summed E-state index contributed by atoms with van der Waals surface area (Å²) in [5.41, 5.74) is 0.631. The number of benzene rings is 1. The molecule has 0 saturated carbocycles. The van der Waals surface area contributed by atoms with Gasteiger partial charge in [0, 0.05) is 11.4 Å². The first-order valence-electron chi connectivity index (χ1n) is 5.03. The van der Waals surface area contributed by atoms with Crippen molar-refractivity contribution < 1.29 is 9.18 Å². The summed E-state index contributed by atoms with van der Waals surface area (Å²) in [5, 5.41) is 0.554. The van der Waals surface area contributed by atoms with E-state index in [1.165, 1.54) is 12.1 Å². The fraction of sp³-hybridized carbons (Fsp3) is 0.417. The number of unbranched alkanes of at least 4 members (excludes halogenated alkanes) is 1. The van der Waals surface area contributed by atoms with Crippen molar-refractivity contribution in [2.75, 3.05) is 0 Å². The van der Waals surface area contributed by atoms with Crippen molar-refractivity contribution in [3.63, 3.8) is 0 Å². The fourth-order valence-electron chi connectivity index (χ4n) is 1.42. The highest BCUT2D eigenvalue weighted by Gasteiger charge is 2.03. The zero-order chi connectivity index (χ0) is 11.3. The van der Waals surface area contributed by atoms with E-state index in [-0.39, 0.29) is 11.6 Å². The van der Waals surface area contributed by atoms with E-state index in [2.05, 4.69) is 0 Å². The first-order chi connectivity index (χ1) is 7.09. The second-order valence-corrected chi connectivity index (χ2v) is 4.08. The van der Waals surface area contributed by atoms with Crippen molar-refractivity contribution in [2.24, 2.45) is 0 Å². The van der Waals surface area contributed by atoms with E-state index in [1.807, 2.05) is 0 Å². The van der Waals surface area contributed by atoms with Crippen molar-refractivity contribution in [2.45, 2.75) is 32.6 Å². The van der Waals surface area contributed by atoms with E-state index in [9.17, 15) is 9.18 Å². The van der Waals surface area contributed by atoms with Gasteiger partial charge in [0.05, 0.1) is 0 Å². The lowest BCUT2D eigenvalue weighted by Gasteiger charge is -2.03. The molecule has 0 unspecified atom stereocenters. The molecule has 0 N–H and O–H groups in total. The molecule has 1 nitrogen and oxygen atoms in total. The Morgan fingerprint density at radius 1 is 1.40 bits per heavy atom. The largest absolute Gasteiger partial charge is 0.300 e. The summed E-state index contributed by atoms with van der Waals surface area (Å²) in [7, 11) is 0. The van der Waals surface area contributed by atoms with Gasteiger partial charge in [0.2, 0.25) is 0 Å². The van der Waals surface area contributed by atoms with Gasteiger partial charge < -0.3 is 4.79 Å². The average molecular weight is 229 g/mol. The third-order valence-corrected chi connectivity index (χ3v) is 2.47. The molecule has 0 amide bonds. The van der Waals surface area contributed by atoms with Gasteiger partial charge in [0.25, 0.3) is 0 Å². The Hall–Kier alpha value is -0.890. The van der Waals surface area contributed by atoms with E-state index < -0.39 is 0 Å². The molecule has 1 aromatic rings. The van der Waals surface area contributed by atoms with Gasteiger partial charge in [0.1, 0.15) is 11.6 Å². The smallest absolute Gasteiger partial charge is 0.129 e. The lowest BCUT2D eigenvalue weighted by atomic mass is 10.1. The molecule has 3 heteroatoms. The highest BCUT2D eigenvalue weighted by atomic mass is 35.5. The summed E-state index contributed by atoms with van der Waals surface area (Å²) in [6, 6.07) is 4.56. The number of carbonyl (C=O) groups is 1. The monoisotopic (exact) mass is 228 g/mol. The molecule has 0 spiro atoms. The maximum Gasteiger partial charge on any atom is 0.129 e. The van der Waals surface area contributed by atoms with Crippen molar-refractivity contribution >= 4 is 17.4 Å². The predicted octanol–water partition coefficient (Wildman–Crippen LogP) is 3.78.